The van der Waals surface area contributed by atoms with Gasteiger partial charge in [0.15, 0.2) is 5.96 Å². The molecule has 1 aliphatic rings. The monoisotopic (exact) mass is 461 g/mol. The number of hydrogen-bond acceptors (Lipinski definition) is 3. The zero-order chi connectivity index (χ0) is 17.0. The molecule has 0 aliphatic heterocycles. The number of benzene rings is 1. The van der Waals surface area contributed by atoms with Crippen LogP contribution in [0.25, 0.3) is 0 Å². The van der Waals surface area contributed by atoms with Gasteiger partial charge in [0.05, 0.1) is 6.10 Å². The maximum absolute atomic E-state index is 6.00. The third-order valence-electron chi connectivity index (χ3n) is 4.28. The molecule has 0 unspecified atom stereocenters. The second-order valence-corrected chi connectivity index (χ2v) is 6.19. The normalized spacial score (nSPS) is 14.9. The van der Waals surface area contributed by atoms with Crippen LogP contribution < -0.4 is 15.4 Å². The largest absolute Gasteiger partial charge is 0.490 e. The number of aliphatic imine (C=N–C) groups is 1. The van der Waals surface area contributed by atoms with Crippen molar-refractivity contribution in [3.63, 3.8) is 0 Å². The van der Waals surface area contributed by atoms with Gasteiger partial charge in [-0.05, 0) is 56.2 Å². The molecule has 2 rings (SSSR count). The summed E-state index contributed by atoms with van der Waals surface area (Å²) in [7, 11) is 3.51. The molecule has 1 aromatic carbocycles. The van der Waals surface area contributed by atoms with Crippen molar-refractivity contribution in [2.24, 2.45) is 4.99 Å². The van der Waals surface area contributed by atoms with Gasteiger partial charge in [-0.3, -0.25) is 4.99 Å². The molecule has 0 spiro atoms. The van der Waals surface area contributed by atoms with Crippen molar-refractivity contribution in [1.29, 1.82) is 0 Å². The maximum atomic E-state index is 6.00. The fourth-order valence-corrected chi connectivity index (χ4v) is 2.90. The van der Waals surface area contributed by atoms with Gasteiger partial charge in [0.25, 0.3) is 0 Å². The molecule has 5 nitrogen and oxygen atoms in total. The van der Waals surface area contributed by atoms with Crippen LogP contribution in [0.2, 0.25) is 0 Å². The summed E-state index contributed by atoms with van der Waals surface area (Å²) in [5.74, 6) is 1.83. The molecule has 0 heterocycles. The van der Waals surface area contributed by atoms with E-state index in [0.29, 0.717) is 6.10 Å². The van der Waals surface area contributed by atoms with Crippen LogP contribution in [-0.2, 0) is 11.2 Å². The van der Waals surface area contributed by atoms with Crippen LogP contribution in [0.4, 0.5) is 0 Å². The summed E-state index contributed by atoms with van der Waals surface area (Å²) in [6.45, 7) is 2.48. The Balaban J connectivity index is 0.00000312. The van der Waals surface area contributed by atoms with E-state index in [-0.39, 0.29) is 24.0 Å². The minimum Gasteiger partial charge on any atom is -0.490 e. The van der Waals surface area contributed by atoms with Crippen molar-refractivity contribution in [3.05, 3.63) is 29.8 Å². The lowest BCUT2D eigenvalue weighted by molar-refractivity contribution is 0.195. The molecule has 6 heteroatoms. The van der Waals surface area contributed by atoms with E-state index in [1.54, 1.807) is 14.2 Å². The van der Waals surface area contributed by atoms with Gasteiger partial charge in [0.2, 0.25) is 0 Å². The molecule has 1 aliphatic carbocycles. The van der Waals surface area contributed by atoms with Crippen molar-refractivity contribution in [2.45, 2.75) is 44.6 Å². The highest BCUT2D eigenvalue weighted by atomic mass is 127. The minimum atomic E-state index is 0. The first-order valence-electron chi connectivity index (χ1n) is 9.01. The average molecular weight is 461 g/mol. The Labute approximate surface area is 169 Å². The zero-order valence-electron chi connectivity index (χ0n) is 15.4. The molecule has 0 atom stereocenters. The van der Waals surface area contributed by atoms with E-state index in [9.17, 15) is 0 Å². The number of guanidine groups is 1. The molecular formula is C19H32IN3O2. The standard InChI is InChI=1S/C19H31N3O2.HI/c1-20-19(21-13-5-15-23-2)22-14-12-16-8-10-18(11-9-16)24-17-6-3-4-7-17;/h8-11,17H,3-7,12-15H2,1-2H3,(H2,20,21,22);1H. The van der Waals surface area contributed by atoms with E-state index in [1.807, 2.05) is 0 Å². The average Bonchev–Trinajstić information content (AvgIpc) is 3.11. The minimum absolute atomic E-state index is 0. The predicted molar refractivity (Wildman–Crippen MR) is 114 cm³/mol. The number of hydrogen-bond donors (Lipinski definition) is 2. The van der Waals surface area contributed by atoms with E-state index >= 15 is 0 Å². The molecular weight excluding hydrogens is 429 g/mol. The van der Waals surface area contributed by atoms with Crippen LogP contribution in [0.15, 0.2) is 29.3 Å². The van der Waals surface area contributed by atoms with Gasteiger partial charge in [-0.1, -0.05) is 12.1 Å². The Morgan fingerprint density at radius 1 is 1.12 bits per heavy atom. The number of rotatable bonds is 9. The smallest absolute Gasteiger partial charge is 0.190 e. The van der Waals surface area contributed by atoms with E-state index in [0.717, 1.165) is 44.2 Å². The highest BCUT2D eigenvalue weighted by Gasteiger charge is 2.16. The lowest BCUT2D eigenvalue weighted by Crippen LogP contribution is -2.38. The molecule has 142 valence electrons. The quantitative estimate of drug-likeness (QED) is 0.256. The van der Waals surface area contributed by atoms with Gasteiger partial charge >= 0.3 is 0 Å². The molecule has 0 saturated heterocycles. The Morgan fingerprint density at radius 3 is 2.44 bits per heavy atom. The number of ether oxygens (including phenoxy) is 2. The highest BCUT2D eigenvalue weighted by Crippen LogP contribution is 2.24. The number of halogens is 1. The van der Waals surface area contributed by atoms with Crippen molar-refractivity contribution >= 4 is 29.9 Å². The molecule has 2 N–H and O–H groups in total. The number of nitrogens with one attached hydrogen (secondary N) is 2. The lowest BCUT2D eigenvalue weighted by atomic mass is 10.1. The second-order valence-electron chi connectivity index (χ2n) is 6.19. The Morgan fingerprint density at radius 2 is 1.80 bits per heavy atom. The lowest BCUT2D eigenvalue weighted by Gasteiger charge is -2.14. The molecule has 0 radical (unpaired) electrons. The third-order valence-corrected chi connectivity index (χ3v) is 4.28. The maximum Gasteiger partial charge on any atom is 0.190 e. The molecule has 0 bridgehead atoms. The summed E-state index contributed by atoms with van der Waals surface area (Å²) >= 11 is 0. The number of nitrogens with zero attached hydrogens (tertiary/aromatic N) is 1. The van der Waals surface area contributed by atoms with Crippen LogP contribution in [-0.4, -0.2) is 45.9 Å². The number of methoxy groups -OCH3 is 1. The molecule has 25 heavy (non-hydrogen) atoms. The molecule has 0 amide bonds. The van der Waals surface area contributed by atoms with Crippen molar-refractivity contribution in [2.75, 3.05) is 33.9 Å². The molecule has 1 aromatic rings. The summed E-state index contributed by atoms with van der Waals surface area (Å²) in [5.41, 5.74) is 1.30. The van der Waals surface area contributed by atoms with Crippen LogP contribution in [0.3, 0.4) is 0 Å². The summed E-state index contributed by atoms with van der Waals surface area (Å²) in [5, 5.41) is 6.61. The molecule has 0 aromatic heterocycles. The van der Waals surface area contributed by atoms with Crippen LogP contribution in [0, 0.1) is 0 Å². The van der Waals surface area contributed by atoms with Crippen LogP contribution in [0.1, 0.15) is 37.7 Å². The first-order valence-corrected chi connectivity index (χ1v) is 9.01. The van der Waals surface area contributed by atoms with Gasteiger partial charge < -0.3 is 20.1 Å². The van der Waals surface area contributed by atoms with Crippen molar-refractivity contribution in [3.8, 4) is 5.75 Å². The fraction of sp³-hybridized carbons (Fsp3) is 0.632. The third kappa shape index (κ3) is 8.76. The van der Waals surface area contributed by atoms with E-state index in [4.69, 9.17) is 9.47 Å². The van der Waals surface area contributed by atoms with Gasteiger partial charge in [0.1, 0.15) is 5.75 Å². The fourth-order valence-electron chi connectivity index (χ4n) is 2.90. The van der Waals surface area contributed by atoms with Gasteiger partial charge in [-0.15, -0.1) is 24.0 Å². The van der Waals surface area contributed by atoms with E-state index in [2.05, 4.69) is 39.9 Å². The highest BCUT2D eigenvalue weighted by molar-refractivity contribution is 14.0. The predicted octanol–water partition coefficient (Wildman–Crippen LogP) is 3.37. The Kier molecular flexibility index (Phi) is 11.6. The van der Waals surface area contributed by atoms with Crippen LogP contribution in [0.5, 0.6) is 5.75 Å². The summed E-state index contributed by atoms with van der Waals surface area (Å²) in [6.07, 6.45) is 7.35. The SMILES string of the molecule is CN=C(NCCCOC)NCCc1ccc(OC2CCCC2)cc1.I. The first-order chi connectivity index (χ1) is 11.8. The first kappa shape index (κ1) is 22.0. The zero-order valence-corrected chi connectivity index (χ0v) is 17.8. The summed E-state index contributed by atoms with van der Waals surface area (Å²) in [4.78, 5) is 4.22. The Hall–Kier alpha value is -1.02. The topological polar surface area (TPSA) is 54.9 Å². The van der Waals surface area contributed by atoms with Gasteiger partial charge in [-0.2, -0.15) is 0 Å². The molecule has 1 fully saturated rings. The molecule has 1 saturated carbocycles. The second kappa shape index (κ2) is 13.2. The van der Waals surface area contributed by atoms with E-state index < -0.39 is 0 Å². The van der Waals surface area contributed by atoms with E-state index in [1.165, 1.54) is 31.2 Å². The van der Waals surface area contributed by atoms with Crippen molar-refractivity contribution < 1.29 is 9.47 Å². The summed E-state index contributed by atoms with van der Waals surface area (Å²) < 4.78 is 11.0. The van der Waals surface area contributed by atoms with Gasteiger partial charge in [-0.25, -0.2) is 0 Å². The van der Waals surface area contributed by atoms with Gasteiger partial charge in [0, 0.05) is 33.9 Å². The summed E-state index contributed by atoms with van der Waals surface area (Å²) in [6, 6.07) is 8.48. The van der Waals surface area contributed by atoms with Crippen LogP contribution >= 0.6 is 24.0 Å². The van der Waals surface area contributed by atoms with Crippen molar-refractivity contribution in [1.82, 2.24) is 10.6 Å². The Bertz CT molecular complexity index is 488.